The normalized spacial score (nSPS) is 12.6. The van der Waals surface area contributed by atoms with Crippen molar-refractivity contribution in [3.05, 3.63) is 236 Å². The molecule has 0 unspecified atom stereocenters. The zero-order chi connectivity index (χ0) is 40.2. The maximum absolute atomic E-state index is 2.42. The minimum atomic E-state index is -0.113. The molecule has 0 bridgehead atoms. The molecule has 1 heteroatoms. The summed E-state index contributed by atoms with van der Waals surface area (Å²) in [5.74, 6) is 0. The molecule has 0 radical (unpaired) electrons. The van der Waals surface area contributed by atoms with Crippen LogP contribution in [0.1, 0.15) is 25.0 Å². The molecule has 0 heterocycles. The Morgan fingerprint density at radius 3 is 1.20 bits per heavy atom. The summed E-state index contributed by atoms with van der Waals surface area (Å²) in [5, 5.41) is 5.06. The molecular weight excluding hydrogens is 723 g/mol. The first-order valence-corrected chi connectivity index (χ1v) is 20.9. The lowest BCUT2D eigenvalue weighted by Crippen LogP contribution is -2.16. The maximum Gasteiger partial charge on any atom is 0.0465 e. The summed E-state index contributed by atoms with van der Waals surface area (Å²) in [6, 6.07) is 82.3. The van der Waals surface area contributed by atoms with Crippen molar-refractivity contribution in [2.24, 2.45) is 0 Å². The van der Waals surface area contributed by atoms with Crippen molar-refractivity contribution in [1.29, 1.82) is 0 Å². The molecule has 0 aliphatic heterocycles. The first kappa shape index (κ1) is 35.7. The Balaban J connectivity index is 1.04. The molecule has 284 valence electrons. The average Bonchev–Trinajstić information content (AvgIpc) is 3.55. The van der Waals surface area contributed by atoms with E-state index in [0.29, 0.717) is 0 Å². The minimum Gasteiger partial charge on any atom is -0.310 e. The van der Waals surface area contributed by atoms with Crippen LogP contribution in [0.3, 0.4) is 0 Å². The van der Waals surface area contributed by atoms with Gasteiger partial charge in [0.25, 0.3) is 0 Å². The third kappa shape index (κ3) is 5.93. The second-order valence-corrected chi connectivity index (χ2v) is 16.5. The fraction of sp³-hybridized carbons (Fsp3) is 0.0508. The fourth-order valence-corrected chi connectivity index (χ4v) is 9.69. The van der Waals surface area contributed by atoms with E-state index in [0.717, 1.165) is 17.1 Å². The molecule has 1 aliphatic carbocycles. The number of benzene rings is 10. The number of hydrogen-bond acceptors (Lipinski definition) is 1. The van der Waals surface area contributed by atoms with Gasteiger partial charge in [-0.3, -0.25) is 0 Å². The van der Waals surface area contributed by atoms with E-state index in [9.17, 15) is 0 Å². The molecular formula is C59H43N. The Hall–Kier alpha value is -7.48. The van der Waals surface area contributed by atoms with E-state index >= 15 is 0 Å². The third-order valence-corrected chi connectivity index (χ3v) is 12.7. The maximum atomic E-state index is 2.42. The summed E-state index contributed by atoms with van der Waals surface area (Å²) < 4.78 is 0. The molecule has 0 saturated heterocycles. The SMILES string of the molecule is CC1(C)c2ccccc2-c2ccc(N(c3ccc(-c4ccc(-c5ccccc5)cc4)cc3)c3ccc(-c4c(-c5ccccc5)c5ccccc5c5ccccc45)cc3)cc21. The highest BCUT2D eigenvalue weighted by Gasteiger charge is 2.35. The Labute approximate surface area is 352 Å². The standard InChI is InChI=1S/C59H43N/c1-59(2)55-24-14-13-21-51(55)52-38-37-48(39-56(52)59)60(46-33-29-43(30-34-46)42-27-25-41(26-28-42)40-15-5-3-6-16-40)47-35-31-45(32-36-47)58-54-23-12-10-20-50(54)49-19-9-11-22-53(49)57(58)44-17-7-4-8-18-44/h3-39H,1-2H3. The number of rotatable bonds is 7. The number of hydrogen-bond donors (Lipinski definition) is 0. The van der Waals surface area contributed by atoms with E-state index < -0.39 is 0 Å². The molecule has 1 nitrogen and oxygen atoms in total. The van der Waals surface area contributed by atoms with Crippen LogP contribution in [0.15, 0.2) is 224 Å². The van der Waals surface area contributed by atoms with Gasteiger partial charge in [0.05, 0.1) is 0 Å². The largest absolute Gasteiger partial charge is 0.310 e. The van der Waals surface area contributed by atoms with Gasteiger partial charge < -0.3 is 4.90 Å². The summed E-state index contributed by atoms with van der Waals surface area (Å²) in [6.45, 7) is 4.72. The van der Waals surface area contributed by atoms with Crippen molar-refractivity contribution in [2.75, 3.05) is 4.90 Å². The van der Waals surface area contributed by atoms with Gasteiger partial charge in [0, 0.05) is 22.5 Å². The highest BCUT2D eigenvalue weighted by molar-refractivity contribution is 6.21. The fourth-order valence-electron chi connectivity index (χ4n) is 9.69. The van der Waals surface area contributed by atoms with E-state index in [2.05, 4.69) is 243 Å². The van der Waals surface area contributed by atoms with Crippen LogP contribution < -0.4 is 4.90 Å². The number of anilines is 3. The van der Waals surface area contributed by atoms with Crippen molar-refractivity contribution in [2.45, 2.75) is 19.3 Å². The highest BCUT2D eigenvalue weighted by atomic mass is 15.1. The lowest BCUT2D eigenvalue weighted by atomic mass is 9.82. The molecule has 0 atom stereocenters. The lowest BCUT2D eigenvalue weighted by molar-refractivity contribution is 0.660. The smallest absolute Gasteiger partial charge is 0.0465 e. The number of nitrogens with zero attached hydrogens (tertiary/aromatic N) is 1. The first-order valence-electron chi connectivity index (χ1n) is 20.9. The predicted molar refractivity (Wildman–Crippen MR) is 255 cm³/mol. The molecule has 11 rings (SSSR count). The summed E-state index contributed by atoms with van der Waals surface area (Å²) >= 11 is 0. The summed E-state index contributed by atoms with van der Waals surface area (Å²) in [6.07, 6.45) is 0. The van der Waals surface area contributed by atoms with Crippen molar-refractivity contribution in [3.63, 3.8) is 0 Å². The van der Waals surface area contributed by atoms with Crippen LogP contribution >= 0.6 is 0 Å². The molecule has 0 aromatic heterocycles. The van der Waals surface area contributed by atoms with Gasteiger partial charge in [-0.1, -0.05) is 202 Å². The van der Waals surface area contributed by atoms with Crippen LogP contribution in [-0.4, -0.2) is 0 Å². The molecule has 60 heavy (non-hydrogen) atoms. The monoisotopic (exact) mass is 765 g/mol. The Kier molecular flexibility index (Phi) is 8.57. The quantitative estimate of drug-likeness (QED) is 0.146. The molecule has 0 N–H and O–H groups in total. The van der Waals surface area contributed by atoms with Gasteiger partial charge in [-0.15, -0.1) is 0 Å². The van der Waals surface area contributed by atoms with Crippen LogP contribution in [-0.2, 0) is 5.41 Å². The summed E-state index contributed by atoms with van der Waals surface area (Å²) in [5.41, 5.74) is 18.4. The van der Waals surface area contributed by atoms with Gasteiger partial charge >= 0.3 is 0 Å². The summed E-state index contributed by atoms with van der Waals surface area (Å²) in [4.78, 5) is 2.42. The van der Waals surface area contributed by atoms with Crippen LogP contribution in [0.25, 0.3) is 77.2 Å². The molecule has 0 spiro atoms. The van der Waals surface area contributed by atoms with Crippen molar-refractivity contribution >= 4 is 38.6 Å². The zero-order valence-electron chi connectivity index (χ0n) is 33.8. The first-order chi connectivity index (χ1) is 29.5. The molecule has 1 aliphatic rings. The topological polar surface area (TPSA) is 3.24 Å². The third-order valence-electron chi connectivity index (χ3n) is 12.7. The van der Waals surface area contributed by atoms with Crippen molar-refractivity contribution < 1.29 is 0 Å². The van der Waals surface area contributed by atoms with Gasteiger partial charge in [0.1, 0.15) is 0 Å². The van der Waals surface area contributed by atoms with E-state index in [4.69, 9.17) is 0 Å². The highest BCUT2D eigenvalue weighted by Crippen LogP contribution is 2.51. The molecule has 0 amide bonds. The molecule has 0 fully saturated rings. The van der Waals surface area contributed by atoms with Crippen LogP contribution in [0.2, 0.25) is 0 Å². The Bertz CT molecular complexity index is 3180. The van der Waals surface area contributed by atoms with Gasteiger partial charge in [-0.2, -0.15) is 0 Å². The van der Waals surface area contributed by atoms with Crippen LogP contribution in [0.5, 0.6) is 0 Å². The molecule has 10 aromatic rings. The second-order valence-electron chi connectivity index (χ2n) is 16.5. The van der Waals surface area contributed by atoms with Gasteiger partial charge in [0.2, 0.25) is 0 Å². The zero-order valence-corrected chi connectivity index (χ0v) is 33.8. The second kappa shape index (κ2) is 14.4. The molecule has 0 saturated carbocycles. The van der Waals surface area contributed by atoms with Gasteiger partial charge in [0.15, 0.2) is 0 Å². The van der Waals surface area contributed by atoms with Crippen molar-refractivity contribution in [1.82, 2.24) is 0 Å². The summed E-state index contributed by atoms with van der Waals surface area (Å²) in [7, 11) is 0. The van der Waals surface area contributed by atoms with E-state index in [1.807, 2.05) is 0 Å². The predicted octanol–water partition coefficient (Wildman–Crippen LogP) is 16.4. The Morgan fingerprint density at radius 1 is 0.283 bits per heavy atom. The van der Waals surface area contributed by atoms with Crippen LogP contribution in [0, 0.1) is 0 Å². The number of fused-ring (bicyclic) bond motifs is 6. The van der Waals surface area contributed by atoms with Gasteiger partial charge in [-0.05, 0) is 125 Å². The van der Waals surface area contributed by atoms with E-state index in [1.54, 1.807) is 0 Å². The van der Waals surface area contributed by atoms with Crippen molar-refractivity contribution in [3.8, 4) is 55.6 Å². The molecule has 10 aromatic carbocycles. The van der Waals surface area contributed by atoms with Crippen LogP contribution in [0.4, 0.5) is 17.1 Å². The minimum absolute atomic E-state index is 0.113. The van der Waals surface area contributed by atoms with E-state index in [1.165, 1.54) is 88.3 Å². The Morgan fingerprint density at radius 2 is 0.650 bits per heavy atom. The lowest BCUT2D eigenvalue weighted by Gasteiger charge is -2.28. The van der Waals surface area contributed by atoms with E-state index in [-0.39, 0.29) is 5.41 Å². The van der Waals surface area contributed by atoms with Gasteiger partial charge in [-0.25, -0.2) is 0 Å². The average molecular weight is 766 g/mol.